The van der Waals surface area contributed by atoms with Gasteiger partial charge < -0.3 is 15.2 Å². The first-order chi connectivity index (χ1) is 19.7. The van der Waals surface area contributed by atoms with Crippen LogP contribution in [0.2, 0.25) is 0 Å². The summed E-state index contributed by atoms with van der Waals surface area (Å²) in [6.07, 6.45) is 9.26. The van der Waals surface area contributed by atoms with Crippen LogP contribution in [0.5, 0.6) is 0 Å². The molecule has 3 atom stereocenters. The maximum absolute atomic E-state index is 14.0. The molecule has 3 N–H and O–H groups in total. The van der Waals surface area contributed by atoms with E-state index < -0.39 is 33.6 Å². The summed E-state index contributed by atoms with van der Waals surface area (Å²) in [5, 5.41) is 13.9. The molecule has 0 bridgehead atoms. The molecule has 0 heterocycles. The highest BCUT2D eigenvalue weighted by Gasteiger charge is 2.46. The summed E-state index contributed by atoms with van der Waals surface area (Å²) < 4.78 is 35.2. The number of allylic oxidation sites excluding steroid dienone is 2. The summed E-state index contributed by atoms with van der Waals surface area (Å²) in [5.41, 5.74) is 1.45. The number of carbonyl (C=O) groups is 1. The molecule has 2 aliphatic rings. The number of rotatable bonds is 13. The number of nitrogens with one attached hydrogen (secondary N) is 2. The largest absolute Gasteiger partial charge is 0.387 e. The van der Waals surface area contributed by atoms with Crippen molar-refractivity contribution < 1.29 is 23.1 Å². The van der Waals surface area contributed by atoms with Crippen LogP contribution in [0.4, 0.5) is 0 Å². The van der Waals surface area contributed by atoms with Gasteiger partial charge in [-0.15, -0.1) is 12.4 Å². The van der Waals surface area contributed by atoms with Gasteiger partial charge in [-0.2, -0.15) is 0 Å². The standard InChI is InChI=1S/C33H44N2O5S.ClH/c1-25(2)40-31-22-29(27-14-8-4-9-15-27)18-19-33(31,20-21-34-23-30(36)28-16-10-5-11-17-28)32(37)35-41(38,39)24-26-12-6-3-7-13-26;/h4-5,8-11,14-19,22,25-26,30-31,34,36H,3,6-7,12-13,20-21,23-24H2,1-2H3,(H,35,37);1H/t30-,31?,33?;/m0./s1. The van der Waals surface area contributed by atoms with Crippen LogP contribution < -0.4 is 10.0 Å². The van der Waals surface area contributed by atoms with E-state index in [1.807, 2.05) is 92.7 Å². The summed E-state index contributed by atoms with van der Waals surface area (Å²) in [4.78, 5) is 14.0. The Morgan fingerprint density at radius 3 is 2.31 bits per heavy atom. The molecule has 2 aromatic carbocycles. The van der Waals surface area contributed by atoms with Gasteiger partial charge in [-0.3, -0.25) is 9.52 Å². The van der Waals surface area contributed by atoms with E-state index in [1.165, 1.54) is 0 Å². The van der Waals surface area contributed by atoms with Crippen LogP contribution >= 0.6 is 12.4 Å². The van der Waals surface area contributed by atoms with Crippen LogP contribution in [0.25, 0.3) is 5.57 Å². The first-order valence-corrected chi connectivity index (χ1v) is 16.4. The molecule has 230 valence electrons. The molecule has 0 radical (unpaired) electrons. The molecular weight excluding hydrogens is 572 g/mol. The van der Waals surface area contributed by atoms with Gasteiger partial charge in [-0.1, -0.05) is 92.1 Å². The monoisotopic (exact) mass is 616 g/mol. The van der Waals surface area contributed by atoms with Crippen molar-refractivity contribution in [3.05, 3.63) is 90.0 Å². The molecule has 0 spiro atoms. The lowest BCUT2D eigenvalue weighted by Crippen LogP contribution is -2.52. The van der Waals surface area contributed by atoms with Crippen LogP contribution in [0.3, 0.4) is 0 Å². The normalized spacial score (nSPS) is 21.8. The van der Waals surface area contributed by atoms with Crippen molar-refractivity contribution in [3.63, 3.8) is 0 Å². The number of carbonyl (C=O) groups excluding carboxylic acids is 1. The van der Waals surface area contributed by atoms with Crippen molar-refractivity contribution in [2.75, 3.05) is 18.8 Å². The van der Waals surface area contributed by atoms with E-state index in [-0.39, 0.29) is 36.6 Å². The van der Waals surface area contributed by atoms with Crippen LogP contribution in [0.15, 0.2) is 78.9 Å². The molecule has 0 saturated heterocycles. The van der Waals surface area contributed by atoms with Gasteiger partial charge in [0.05, 0.1) is 29.5 Å². The Morgan fingerprint density at radius 1 is 1.02 bits per heavy atom. The molecule has 2 aromatic rings. The van der Waals surface area contributed by atoms with Crippen LogP contribution in [-0.4, -0.2) is 50.5 Å². The number of sulfonamides is 1. The SMILES string of the molecule is CC(C)OC1C=C(c2ccccc2)C=CC1(CCNC[C@H](O)c1ccccc1)C(=O)NS(=O)(=O)CC1CCCCC1.Cl. The van der Waals surface area contributed by atoms with Crippen molar-refractivity contribution in [1.82, 2.24) is 10.0 Å². The maximum Gasteiger partial charge on any atom is 0.246 e. The van der Waals surface area contributed by atoms with Crippen molar-refractivity contribution in [2.24, 2.45) is 11.3 Å². The van der Waals surface area contributed by atoms with Crippen molar-refractivity contribution in [2.45, 2.75) is 70.7 Å². The van der Waals surface area contributed by atoms with E-state index >= 15 is 0 Å². The van der Waals surface area contributed by atoms with Gasteiger partial charge in [0, 0.05) is 6.54 Å². The molecule has 1 amide bonds. The van der Waals surface area contributed by atoms with Gasteiger partial charge in [0.25, 0.3) is 0 Å². The van der Waals surface area contributed by atoms with Crippen molar-refractivity contribution in [3.8, 4) is 0 Å². The van der Waals surface area contributed by atoms with E-state index in [9.17, 15) is 18.3 Å². The Bertz CT molecular complexity index is 1290. The van der Waals surface area contributed by atoms with Crippen molar-refractivity contribution in [1.29, 1.82) is 0 Å². The third kappa shape index (κ3) is 9.25. The average molecular weight is 617 g/mol. The molecule has 2 aliphatic carbocycles. The lowest BCUT2D eigenvalue weighted by Gasteiger charge is -2.39. The fourth-order valence-electron chi connectivity index (χ4n) is 5.79. The molecule has 0 aliphatic heterocycles. The van der Waals surface area contributed by atoms with E-state index in [1.54, 1.807) is 0 Å². The van der Waals surface area contributed by atoms with Gasteiger partial charge in [-0.25, -0.2) is 8.42 Å². The second-order valence-corrected chi connectivity index (χ2v) is 13.3. The highest BCUT2D eigenvalue weighted by atomic mass is 35.5. The first kappa shape index (κ1) is 34.0. The van der Waals surface area contributed by atoms with E-state index in [0.29, 0.717) is 13.1 Å². The lowest BCUT2D eigenvalue weighted by atomic mass is 9.73. The molecule has 0 aromatic heterocycles. The molecular formula is C33H45ClN2O5S. The zero-order valence-corrected chi connectivity index (χ0v) is 26.2. The Balaban J connectivity index is 0.00000484. The minimum absolute atomic E-state index is 0. The minimum Gasteiger partial charge on any atom is -0.387 e. The van der Waals surface area contributed by atoms with Crippen LogP contribution in [-0.2, 0) is 19.6 Å². The summed E-state index contributed by atoms with van der Waals surface area (Å²) in [6, 6.07) is 19.2. The van der Waals surface area contributed by atoms with E-state index in [2.05, 4.69) is 10.0 Å². The fourth-order valence-corrected chi connectivity index (χ4v) is 7.30. The summed E-state index contributed by atoms with van der Waals surface area (Å²) in [5.74, 6) is -0.551. The average Bonchev–Trinajstić information content (AvgIpc) is 2.96. The van der Waals surface area contributed by atoms with Gasteiger partial charge >= 0.3 is 0 Å². The zero-order valence-electron chi connectivity index (χ0n) is 24.6. The molecule has 1 saturated carbocycles. The number of halogens is 1. The fraction of sp³-hybridized carbons (Fsp3) is 0.485. The highest BCUT2D eigenvalue weighted by Crippen LogP contribution is 2.39. The van der Waals surface area contributed by atoms with Crippen LogP contribution in [0.1, 0.15) is 69.6 Å². The topological polar surface area (TPSA) is 105 Å². The lowest BCUT2D eigenvalue weighted by molar-refractivity contribution is -0.135. The number of benzene rings is 2. The smallest absolute Gasteiger partial charge is 0.246 e. The zero-order chi connectivity index (χ0) is 29.3. The third-order valence-corrected chi connectivity index (χ3v) is 9.42. The number of ether oxygens (including phenoxy) is 1. The molecule has 42 heavy (non-hydrogen) atoms. The summed E-state index contributed by atoms with van der Waals surface area (Å²) in [6.45, 7) is 4.49. The third-order valence-electron chi connectivity index (χ3n) is 8.01. The Labute approximate surface area is 257 Å². The molecule has 7 nitrogen and oxygen atoms in total. The highest BCUT2D eigenvalue weighted by molar-refractivity contribution is 7.90. The Hall–Kier alpha value is -2.49. The number of hydrogen-bond donors (Lipinski definition) is 3. The maximum atomic E-state index is 14.0. The summed E-state index contributed by atoms with van der Waals surface area (Å²) in [7, 11) is -3.84. The molecule has 1 fully saturated rings. The Morgan fingerprint density at radius 2 is 1.67 bits per heavy atom. The van der Waals surface area contributed by atoms with E-state index in [0.717, 1.165) is 48.8 Å². The molecule has 2 unspecified atom stereocenters. The predicted molar refractivity (Wildman–Crippen MR) is 171 cm³/mol. The first-order valence-electron chi connectivity index (χ1n) is 14.8. The summed E-state index contributed by atoms with van der Waals surface area (Å²) >= 11 is 0. The molecule has 9 heteroatoms. The van der Waals surface area contributed by atoms with Gasteiger partial charge in [-0.05, 0) is 68.3 Å². The van der Waals surface area contributed by atoms with E-state index in [4.69, 9.17) is 4.74 Å². The Kier molecular flexibility index (Phi) is 12.8. The molecule has 4 rings (SSSR count). The van der Waals surface area contributed by atoms with Gasteiger partial charge in [0.2, 0.25) is 15.9 Å². The predicted octanol–water partition coefficient (Wildman–Crippen LogP) is 5.58. The van der Waals surface area contributed by atoms with Crippen LogP contribution in [0, 0.1) is 11.3 Å². The van der Waals surface area contributed by atoms with Gasteiger partial charge in [0.1, 0.15) is 0 Å². The number of aliphatic hydroxyl groups excluding tert-OH is 1. The quantitative estimate of drug-likeness (QED) is 0.254. The second kappa shape index (κ2) is 15.8. The van der Waals surface area contributed by atoms with Gasteiger partial charge in [0.15, 0.2) is 0 Å². The number of amides is 1. The van der Waals surface area contributed by atoms with Crippen molar-refractivity contribution >= 4 is 33.9 Å². The second-order valence-electron chi connectivity index (χ2n) is 11.6. The number of hydrogen-bond acceptors (Lipinski definition) is 6. The minimum atomic E-state index is -3.84. The number of aliphatic hydroxyl groups is 1.